The molecule has 0 spiro atoms. The van der Waals surface area contributed by atoms with Crippen LogP contribution in [0.2, 0.25) is 0 Å². The van der Waals surface area contributed by atoms with Crippen molar-refractivity contribution in [3.05, 3.63) is 41.7 Å². The SMILES string of the molecule is CC/C(=C\F)COc1ccc(C23CCC(C(=O)N4CCN(CC)CC4)(CC2)CC3)cc1. The number of halogens is 1. The Hall–Kier alpha value is -1.88. The Labute approximate surface area is 186 Å². The van der Waals surface area contributed by atoms with Crippen molar-refractivity contribution in [3.8, 4) is 5.75 Å². The van der Waals surface area contributed by atoms with Gasteiger partial charge in [0.05, 0.1) is 6.33 Å². The van der Waals surface area contributed by atoms with Gasteiger partial charge in [0, 0.05) is 31.6 Å². The van der Waals surface area contributed by atoms with E-state index in [-0.39, 0.29) is 10.8 Å². The highest BCUT2D eigenvalue weighted by Gasteiger charge is 2.53. The summed E-state index contributed by atoms with van der Waals surface area (Å²) in [6.45, 7) is 9.30. The molecule has 0 N–H and O–H groups in total. The first-order valence-corrected chi connectivity index (χ1v) is 12.1. The van der Waals surface area contributed by atoms with Gasteiger partial charge in [0.15, 0.2) is 0 Å². The van der Waals surface area contributed by atoms with Crippen molar-refractivity contribution in [2.45, 2.75) is 64.2 Å². The van der Waals surface area contributed by atoms with Crippen LogP contribution in [0.3, 0.4) is 0 Å². The molecule has 1 aromatic carbocycles. The summed E-state index contributed by atoms with van der Waals surface area (Å²) in [5.41, 5.74) is 2.12. The maximum atomic E-state index is 13.4. The number of likely N-dealkylation sites (N-methyl/N-ethyl adjacent to an activating group) is 1. The van der Waals surface area contributed by atoms with Gasteiger partial charge in [-0.3, -0.25) is 4.79 Å². The topological polar surface area (TPSA) is 32.8 Å². The lowest BCUT2D eigenvalue weighted by Gasteiger charge is -2.54. The average molecular weight is 429 g/mol. The molecule has 1 aromatic rings. The molecule has 1 heterocycles. The summed E-state index contributed by atoms with van der Waals surface area (Å²) in [5, 5.41) is 0. The molecule has 1 saturated heterocycles. The van der Waals surface area contributed by atoms with E-state index in [9.17, 15) is 9.18 Å². The van der Waals surface area contributed by atoms with Gasteiger partial charge in [0.25, 0.3) is 0 Å². The largest absolute Gasteiger partial charge is 0.489 e. The summed E-state index contributed by atoms with van der Waals surface area (Å²) in [4.78, 5) is 18.0. The molecule has 3 saturated carbocycles. The molecule has 0 atom stereocenters. The van der Waals surface area contributed by atoms with Crippen LogP contribution in [-0.4, -0.2) is 55.0 Å². The number of piperazine rings is 1. The second-order valence-corrected chi connectivity index (χ2v) is 9.72. The quantitative estimate of drug-likeness (QED) is 0.607. The molecule has 31 heavy (non-hydrogen) atoms. The molecule has 1 amide bonds. The van der Waals surface area contributed by atoms with Crippen molar-refractivity contribution in [1.82, 2.24) is 9.80 Å². The van der Waals surface area contributed by atoms with Crippen LogP contribution >= 0.6 is 0 Å². The Morgan fingerprint density at radius 3 is 2.13 bits per heavy atom. The number of fused-ring (bicyclic) bond motifs is 3. The molecule has 4 fully saturated rings. The number of hydrogen-bond donors (Lipinski definition) is 0. The zero-order chi connectivity index (χ0) is 21.9. The highest BCUT2D eigenvalue weighted by molar-refractivity contribution is 5.83. The Morgan fingerprint density at radius 2 is 1.61 bits per heavy atom. The van der Waals surface area contributed by atoms with E-state index < -0.39 is 0 Å². The third kappa shape index (κ3) is 4.39. The lowest BCUT2D eigenvalue weighted by Crippen LogP contribution is -2.56. The fourth-order valence-electron chi connectivity index (χ4n) is 5.83. The third-order valence-corrected chi connectivity index (χ3v) is 8.31. The molecular formula is C26H37FN2O2. The summed E-state index contributed by atoms with van der Waals surface area (Å²) < 4.78 is 18.5. The van der Waals surface area contributed by atoms with Crippen LogP contribution < -0.4 is 4.74 Å². The molecule has 2 bridgehead atoms. The number of carbonyl (C=O) groups is 1. The van der Waals surface area contributed by atoms with Gasteiger partial charge in [-0.05, 0) is 80.2 Å². The van der Waals surface area contributed by atoms with Crippen LogP contribution in [0.5, 0.6) is 5.75 Å². The summed E-state index contributed by atoms with van der Waals surface area (Å²) in [7, 11) is 0. The Kier molecular flexibility index (Phi) is 6.71. The van der Waals surface area contributed by atoms with E-state index in [2.05, 4.69) is 28.9 Å². The van der Waals surface area contributed by atoms with Crippen molar-refractivity contribution in [2.75, 3.05) is 39.3 Å². The lowest BCUT2D eigenvalue weighted by atomic mass is 9.51. The maximum Gasteiger partial charge on any atom is 0.228 e. The van der Waals surface area contributed by atoms with Crippen LogP contribution in [0.4, 0.5) is 4.39 Å². The van der Waals surface area contributed by atoms with Crippen LogP contribution in [0.1, 0.15) is 64.4 Å². The first-order chi connectivity index (χ1) is 15.0. The van der Waals surface area contributed by atoms with Crippen LogP contribution in [-0.2, 0) is 10.2 Å². The number of rotatable bonds is 7. The zero-order valence-corrected chi connectivity index (χ0v) is 19.2. The van der Waals surface area contributed by atoms with Crippen LogP contribution in [0.15, 0.2) is 36.2 Å². The molecule has 4 nitrogen and oxygen atoms in total. The molecule has 4 aliphatic rings. The van der Waals surface area contributed by atoms with Gasteiger partial charge in [-0.25, -0.2) is 4.39 Å². The monoisotopic (exact) mass is 428 g/mol. The minimum atomic E-state index is -0.117. The van der Waals surface area contributed by atoms with E-state index in [1.807, 2.05) is 19.1 Å². The number of hydrogen-bond acceptors (Lipinski definition) is 3. The summed E-state index contributed by atoms with van der Waals surface area (Å²) in [6, 6.07) is 8.41. The maximum absolute atomic E-state index is 13.4. The molecule has 5 heteroatoms. The number of carbonyl (C=O) groups excluding carboxylic acids is 1. The molecule has 1 aliphatic heterocycles. The number of ether oxygens (including phenoxy) is 1. The first-order valence-electron chi connectivity index (χ1n) is 12.1. The number of amides is 1. The molecule has 170 valence electrons. The van der Waals surface area contributed by atoms with Gasteiger partial charge >= 0.3 is 0 Å². The third-order valence-electron chi connectivity index (χ3n) is 8.31. The van der Waals surface area contributed by atoms with E-state index in [0.717, 1.165) is 77.0 Å². The average Bonchev–Trinajstić information content (AvgIpc) is 2.85. The van der Waals surface area contributed by atoms with Gasteiger partial charge in [0.1, 0.15) is 12.4 Å². The first kappa shape index (κ1) is 22.3. The van der Waals surface area contributed by atoms with E-state index in [4.69, 9.17) is 4.74 Å². The molecular weight excluding hydrogens is 391 g/mol. The molecule has 0 unspecified atom stereocenters. The second kappa shape index (κ2) is 9.32. The standard InChI is InChI=1S/C26H37FN2O2/c1-3-21(19-27)20-31-23-7-5-22(6-8-23)25-9-12-26(13-10-25,14-11-25)24(30)29-17-15-28(4-2)16-18-29/h5-8,19H,3-4,9-18,20H2,1-2H3/b21-19+. The molecule has 0 aromatic heterocycles. The van der Waals surface area contributed by atoms with Gasteiger partial charge in [0.2, 0.25) is 5.91 Å². The summed E-state index contributed by atoms with van der Waals surface area (Å²) >= 11 is 0. The van der Waals surface area contributed by atoms with E-state index in [1.165, 1.54) is 5.56 Å². The van der Waals surface area contributed by atoms with Crippen LogP contribution in [0.25, 0.3) is 0 Å². The fourth-order valence-corrected chi connectivity index (χ4v) is 5.83. The van der Waals surface area contributed by atoms with Gasteiger partial charge in [-0.2, -0.15) is 0 Å². The minimum Gasteiger partial charge on any atom is -0.489 e. The van der Waals surface area contributed by atoms with Gasteiger partial charge < -0.3 is 14.5 Å². The second-order valence-electron chi connectivity index (χ2n) is 9.72. The van der Waals surface area contributed by atoms with Crippen molar-refractivity contribution >= 4 is 5.91 Å². The van der Waals surface area contributed by atoms with Gasteiger partial charge in [-0.1, -0.05) is 26.0 Å². The smallest absolute Gasteiger partial charge is 0.228 e. The number of benzene rings is 1. The van der Waals surface area contributed by atoms with Crippen molar-refractivity contribution < 1.29 is 13.9 Å². The normalized spacial score (nSPS) is 29.3. The zero-order valence-electron chi connectivity index (χ0n) is 19.2. The van der Waals surface area contributed by atoms with Gasteiger partial charge in [-0.15, -0.1) is 0 Å². The van der Waals surface area contributed by atoms with Crippen LogP contribution in [0, 0.1) is 5.41 Å². The predicted octanol–water partition coefficient (Wildman–Crippen LogP) is 5.08. The Morgan fingerprint density at radius 1 is 1.00 bits per heavy atom. The van der Waals surface area contributed by atoms with E-state index in [0.29, 0.717) is 30.8 Å². The van der Waals surface area contributed by atoms with E-state index in [1.54, 1.807) is 0 Å². The minimum absolute atomic E-state index is 0.117. The van der Waals surface area contributed by atoms with E-state index >= 15 is 0 Å². The Bertz CT molecular complexity index is 772. The molecule has 0 radical (unpaired) electrons. The Balaban J connectivity index is 1.37. The fraction of sp³-hybridized carbons (Fsp3) is 0.654. The highest BCUT2D eigenvalue weighted by Crippen LogP contribution is 2.58. The molecule has 3 aliphatic carbocycles. The summed E-state index contributed by atoms with van der Waals surface area (Å²) in [6.07, 6.45) is 7.63. The summed E-state index contributed by atoms with van der Waals surface area (Å²) in [5.74, 6) is 1.21. The predicted molar refractivity (Wildman–Crippen MR) is 122 cm³/mol. The number of nitrogens with zero attached hydrogens (tertiary/aromatic N) is 2. The van der Waals surface area contributed by atoms with Crippen molar-refractivity contribution in [3.63, 3.8) is 0 Å². The van der Waals surface area contributed by atoms with Crippen molar-refractivity contribution in [1.29, 1.82) is 0 Å². The van der Waals surface area contributed by atoms with Crippen molar-refractivity contribution in [2.24, 2.45) is 5.41 Å². The molecule has 5 rings (SSSR count). The lowest BCUT2D eigenvalue weighted by molar-refractivity contribution is -0.151. The highest BCUT2D eigenvalue weighted by atomic mass is 19.1.